The van der Waals surface area contributed by atoms with E-state index in [1.807, 2.05) is 17.5 Å². The molecule has 0 saturated heterocycles. The predicted octanol–water partition coefficient (Wildman–Crippen LogP) is 2.62. The molecule has 0 aliphatic rings. The fourth-order valence-corrected chi connectivity index (χ4v) is 3.44. The number of amides is 1. The highest BCUT2D eigenvalue weighted by Gasteiger charge is 2.18. The molecule has 1 amide bonds. The summed E-state index contributed by atoms with van der Waals surface area (Å²) in [4.78, 5) is 30.2. The van der Waals surface area contributed by atoms with Crippen LogP contribution >= 0.6 is 11.3 Å². The number of aromatic nitrogens is 1. The van der Waals surface area contributed by atoms with Crippen molar-refractivity contribution in [1.82, 2.24) is 9.88 Å². The SMILES string of the molecule is COc1ccc2[nH]c(=O)c(CN(CCCO)C(=O)c3cccs3)cc2c1. The van der Waals surface area contributed by atoms with Gasteiger partial charge < -0.3 is 19.7 Å². The Hall–Kier alpha value is -2.64. The number of aliphatic hydroxyl groups excluding tert-OH is 1. The van der Waals surface area contributed by atoms with Crippen molar-refractivity contribution in [3.63, 3.8) is 0 Å². The predicted molar refractivity (Wildman–Crippen MR) is 102 cm³/mol. The summed E-state index contributed by atoms with van der Waals surface area (Å²) in [6, 6.07) is 10.8. The van der Waals surface area contributed by atoms with Crippen LogP contribution in [0.1, 0.15) is 21.7 Å². The number of ether oxygens (including phenoxy) is 1. The van der Waals surface area contributed by atoms with E-state index in [0.717, 1.165) is 5.39 Å². The molecule has 3 aromatic rings. The zero-order valence-electron chi connectivity index (χ0n) is 14.4. The number of benzene rings is 1. The Bertz CT molecular complexity index is 950. The van der Waals surface area contributed by atoms with Gasteiger partial charge in [0, 0.05) is 29.6 Å². The van der Waals surface area contributed by atoms with Gasteiger partial charge >= 0.3 is 0 Å². The molecule has 1 aromatic carbocycles. The molecule has 2 N–H and O–H groups in total. The fourth-order valence-electron chi connectivity index (χ4n) is 2.75. The number of aliphatic hydroxyl groups is 1. The van der Waals surface area contributed by atoms with Gasteiger partial charge in [-0.05, 0) is 42.1 Å². The van der Waals surface area contributed by atoms with Crippen LogP contribution in [0.25, 0.3) is 10.9 Å². The first-order valence-electron chi connectivity index (χ1n) is 8.26. The Morgan fingerprint density at radius 1 is 1.31 bits per heavy atom. The first-order chi connectivity index (χ1) is 12.6. The zero-order valence-corrected chi connectivity index (χ0v) is 15.2. The lowest BCUT2D eigenvalue weighted by atomic mass is 10.1. The van der Waals surface area contributed by atoms with Crippen LogP contribution in [0.4, 0.5) is 0 Å². The molecule has 2 heterocycles. The van der Waals surface area contributed by atoms with E-state index in [9.17, 15) is 9.59 Å². The molecule has 0 bridgehead atoms. The summed E-state index contributed by atoms with van der Waals surface area (Å²) >= 11 is 1.36. The molecule has 6 nitrogen and oxygen atoms in total. The minimum Gasteiger partial charge on any atom is -0.497 e. The van der Waals surface area contributed by atoms with Crippen LogP contribution < -0.4 is 10.3 Å². The van der Waals surface area contributed by atoms with Crippen molar-refractivity contribution < 1.29 is 14.6 Å². The largest absolute Gasteiger partial charge is 0.497 e. The van der Waals surface area contributed by atoms with Gasteiger partial charge in [-0.25, -0.2) is 0 Å². The molecule has 0 spiro atoms. The quantitative estimate of drug-likeness (QED) is 0.668. The first kappa shape index (κ1) is 18.2. The maximum atomic E-state index is 12.7. The van der Waals surface area contributed by atoms with E-state index in [4.69, 9.17) is 9.84 Å². The third-order valence-electron chi connectivity index (χ3n) is 4.09. The summed E-state index contributed by atoms with van der Waals surface area (Å²) in [7, 11) is 1.59. The van der Waals surface area contributed by atoms with Crippen LogP contribution in [0.15, 0.2) is 46.6 Å². The molecule has 136 valence electrons. The van der Waals surface area contributed by atoms with Gasteiger partial charge in [-0.3, -0.25) is 9.59 Å². The third kappa shape index (κ3) is 3.95. The number of H-pyrrole nitrogens is 1. The number of carbonyl (C=O) groups excluding carboxylic acids is 1. The highest BCUT2D eigenvalue weighted by atomic mass is 32.1. The van der Waals surface area contributed by atoms with E-state index in [1.165, 1.54) is 11.3 Å². The van der Waals surface area contributed by atoms with Gasteiger partial charge in [0.05, 0.1) is 18.5 Å². The first-order valence-corrected chi connectivity index (χ1v) is 9.14. The lowest BCUT2D eigenvalue weighted by Crippen LogP contribution is -2.33. The fraction of sp³-hybridized carbons (Fsp3) is 0.263. The average Bonchev–Trinajstić information content (AvgIpc) is 3.19. The number of nitrogens with zero attached hydrogens (tertiary/aromatic N) is 1. The number of rotatable bonds is 7. The monoisotopic (exact) mass is 372 g/mol. The number of nitrogens with one attached hydrogen (secondary N) is 1. The summed E-state index contributed by atoms with van der Waals surface area (Å²) < 4.78 is 5.23. The summed E-state index contributed by atoms with van der Waals surface area (Å²) in [5.41, 5.74) is 0.982. The molecular formula is C19H20N2O4S. The number of thiophene rings is 1. The maximum Gasteiger partial charge on any atom is 0.264 e. The minimum atomic E-state index is -0.226. The van der Waals surface area contributed by atoms with E-state index in [-0.39, 0.29) is 24.6 Å². The molecular weight excluding hydrogens is 352 g/mol. The average molecular weight is 372 g/mol. The molecule has 0 radical (unpaired) electrons. The second kappa shape index (κ2) is 8.16. The Balaban J connectivity index is 1.93. The molecule has 2 aromatic heterocycles. The Kier molecular flexibility index (Phi) is 5.70. The highest BCUT2D eigenvalue weighted by molar-refractivity contribution is 7.12. The Labute approximate surface area is 154 Å². The van der Waals surface area contributed by atoms with Crippen LogP contribution in [0.2, 0.25) is 0 Å². The van der Waals surface area contributed by atoms with Gasteiger partial charge in [-0.15, -0.1) is 11.3 Å². The standard InChI is InChI=1S/C19H20N2O4S/c1-25-15-5-6-16-13(11-15)10-14(18(23)20-16)12-21(7-3-8-22)19(24)17-4-2-9-26-17/h2,4-6,9-11,22H,3,7-8,12H2,1H3,(H,20,23). The van der Waals surface area contributed by atoms with Crippen LogP contribution in [0.5, 0.6) is 5.75 Å². The minimum absolute atomic E-state index is 0.0144. The van der Waals surface area contributed by atoms with Gasteiger partial charge in [0.1, 0.15) is 5.75 Å². The molecule has 0 atom stereocenters. The zero-order chi connectivity index (χ0) is 18.5. The number of pyridine rings is 1. The smallest absolute Gasteiger partial charge is 0.264 e. The van der Waals surface area contributed by atoms with Crippen molar-refractivity contribution >= 4 is 28.1 Å². The van der Waals surface area contributed by atoms with Crippen LogP contribution in [-0.2, 0) is 6.54 Å². The van der Waals surface area contributed by atoms with Crippen molar-refractivity contribution in [2.75, 3.05) is 20.3 Å². The molecule has 26 heavy (non-hydrogen) atoms. The number of methoxy groups -OCH3 is 1. The number of hydrogen-bond acceptors (Lipinski definition) is 5. The number of hydrogen-bond donors (Lipinski definition) is 2. The van der Waals surface area contributed by atoms with E-state index in [0.29, 0.717) is 34.7 Å². The highest BCUT2D eigenvalue weighted by Crippen LogP contribution is 2.20. The van der Waals surface area contributed by atoms with E-state index in [1.54, 1.807) is 36.3 Å². The summed E-state index contributed by atoms with van der Waals surface area (Å²) in [6.45, 7) is 0.543. The summed E-state index contributed by atoms with van der Waals surface area (Å²) in [5, 5.41) is 11.8. The Morgan fingerprint density at radius 3 is 2.85 bits per heavy atom. The van der Waals surface area contributed by atoms with Crippen molar-refractivity contribution in [3.05, 3.63) is 62.6 Å². The van der Waals surface area contributed by atoms with E-state index >= 15 is 0 Å². The second-order valence-electron chi connectivity index (χ2n) is 5.86. The van der Waals surface area contributed by atoms with Gasteiger partial charge in [0.15, 0.2) is 0 Å². The van der Waals surface area contributed by atoms with Gasteiger partial charge in [-0.2, -0.15) is 0 Å². The van der Waals surface area contributed by atoms with Crippen LogP contribution in [0, 0.1) is 0 Å². The lowest BCUT2D eigenvalue weighted by Gasteiger charge is -2.21. The van der Waals surface area contributed by atoms with Crippen LogP contribution in [-0.4, -0.2) is 41.2 Å². The van der Waals surface area contributed by atoms with Gasteiger partial charge in [0.25, 0.3) is 11.5 Å². The molecule has 0 fully saturated rings. The van der Waals surface area contributed by atoms with E-state index < -0.39 is 0 Å². The molecule has 0 aliphatic carbocycles. The topological polar surface area (TPSA) is 82.6 Å². The number of aromatic amines is 1. The number of fused-ring (bicyclic) bond motifs is 1. The van der Waals surface area contributed by atoms with Gasteiger partial charge in [-0.1, -0.05) is 6.07 Å². The summed E-state index contributed by atoms with van der Waals surface area (Å²) in [6.07, 6.45) is 0.455. The van der Waals surface area contributed by atoms with Crippen molar-refractivity contribution in [3.8, 4) is 5.75 Å². The molecule has 0 saturated carbocycles. The molecule has 7 heteroatoms. The maximum absolute atomic E-state index is 12.7. The van der Waals surface area contributed by atoms with Crippen molar-refractivity contribution in [2.45, 2.75) is 13.0 Å². The third-order valence-corrected chi connectivity index (χ3v) is 4.95. The lowest BCUT2D eigenvalue weighted by molar-refractivity contribution is 0.0736. The van der Waals surface area contributed by atoms with Gasteiger partial charge in [0.2, 0.25) is 0 Å². The van der Waals surface area contributed by atoms with Crippen LogP contribution in [0.3, 0.4) is 0 Å². The Morgan fingerprint density at radius 2 is 2.15 bits per heavy atom. The van der Waals surface area contributed by atoms with E-state index in [2.05, 4.69) is 4.98 Å². The second-order valence-corrected chi connectivity index (χ2v) is 6.81. The molecule has 0 unspecified atom stereocenters. The van der Waals surface area contributed by atoms with Crippen molar-refractivity contribution in [1.29, 1.82) is 0 Å². The molecule has 0 aliphatic heterocycles. The molecule has 3 rings (SSSR count). The normalized spacial score (nSPS) is 10.8. The van der Waals surface area contributed by atoms with Crippen molar-refractivity contribution in [2.24, 2.45) is 0 Å². The summed E-state index contributed by atoms with van der Waals surface area (Å²) in [5.74, 6) is 0.556. The number of carbonyl (C=O) groups is 1.